The van der Waals surface area contributed by atoms with E-state index in [2.05, 4.69) is 70.6 Å². The minimum atomic E-state index is -1.62. The fourth-order valence-electron chi connectivity index (χ4n) is 5.43. The van der Waals surface area contributed by atoms with E-state index in [0.717, 1.165) is 102 Å². The van der Waals surface area contributed by atoms with Crippen LogP contribution in [0.5, 0.6) is 17.2 Å². The molecule has 54 heavy (non-hydrogen) atoms. The maximum absolute atomic E-state index is 11.0. The number of guanidine groups is 1. The van der Waals surface area contributed by atoms with E-state index in [-0.39, 0.29) is 0 Å². The number of carbonyl (C=O) groups is 1. The molecule has 294 valence electrons. The zero-order valence-electron chi connectivity index (χ0n) is 32.1. The Labute approximate surface area is 322 Å². The summed E-state index contributed by atoms with van der Waals surface area (Å²) < 4.78 is 26.7. The quantitative estimate of drug-likeness (QED) is 0.150. The fraction of sp³-hybridized carbons (Fsp3) is 0.421. The molecule has 2 saturated heterocycles. The summed E-state index contributed by atoms with van der Waals surface area (Å²) in [6.45, 7) is 16.5. The molecule has 2 fully saturated rings. The number of nitrogens with one attached hydrogen (secondary N) is 3. The van der Waals surface area contributed by atoms with Crippen molar-refractivity contribution in [3.63, 3.8) is 0 Å². The molecule has 1 amide bonds. The van der Waals surface area contributed by atoms with Gasteiger partial charge < -0.3 is 38.6 Å². The Balaban J connectivity index is 0.000000198. The third kappa shape index (κ3) is 15.3. The number of para-hydroxylation sites is 5. The number of anilines is 2. The highest BCUT2D eigenvalue weighted by Gasteiger charge is 2.19. The number of amides is 1. The third-order valence-electron chi connectivity index (χ3n) is 8.28. The lowest BCUT2D eigenvalue weighted by molar-refractivity contribution is -0.118. The van der Waals surface area contributed by atoms with Crippen LogP contribution in [-0.4, -0.2) is 125 Å². The highest BCUT2D eigenvalue weighted by atomic mass is 32.2. The minimum absolute atomic E-state index is 0.541. The second kappa shape index (κ2) is 25.6. The first-order chi connectivity index (χ1) is 26.5. The number of methoxy groups -OCH3 is 2. The number of hydrogen-bond acceptors (Lipinski definition) is 13. The molecule has 1 atom stereocenters. The van der Waals surface area contributed by atoms with E-state index < -0.39 is 11.3 Å². The Morgan fingerprint density at radius 3 is 1.80 bits per heavy atom. The summed E-state index contributed by atoms with van der Waals surface area (Å²) in [6.07, 6.45) is 4.09. The van der Waals surface area contributed by atoms with E-state index in [4.69, 9.17) is 13.7 Å². The SMILES string of the molecule is C/C=N\NS(=O)Oc1ccccc1.CC=NNC1=NCCN1.CCN1CCN(c2ccccc2OC)CC1.COc1ccccc1N1CCN(C=O)CC1. The number of nitrogens with zero attached hydrogens (tertiary/aromatic N) is 7. The Morgan fingerprint density at radius 1 is 0.778 bits per heavy atom. The molecule has 0 aromatic heterocycles. The smallest absolute Gasteiger partial charge is 0.332 e. The molecule has 0 aliphatic carbocycles. The maximum atomic E-state index is 11.0. The number of ether oxygens (including phenoxy) is 2. The number of hydrogen-bond donors (Lipinski definition) is 3. The molecule has 0 radical (unpaired) electrons. The van der Waals surface area contributed by atoms with Crippen molar-refractivity contribution < 1.29 is 22.7 Å². The lowest BCUT2D eigenvalue weighted by Crippen LogP contribution is -2.46. The van der Waals surface area contributed by atoms with Gasteiger partial charge in [0.05, 0.1) is 32.1 Å². The Bertz CT molecular complexity index is 1600. The second-order valence-electron chi connectivity index (χ2n) is 11.7. The molecule has 0 bridgehead atoms. The first-order valence-electron chi connectivity index (χ1n) is 18.0. The van der Waals surface area contributed by atoms with Crippen molar-refractivity contribution in [2.45, 2.75) is 20.8 Å². The number of carbonyl (C=O) groups excluding carboxylic acids is 1. The van der Waals surface area contributed by atoms with Gasteiger partial charge in [0.1, 0.15) is 17.2 Å². The number of piperazine rings is 2. The molecule has 1 unspecified atom stereocenters. The largest absolute Gasteiger partial charge is 0.495 e. The summed E-state index contributed by atoms with van der Waals surface area (Å²) >= 11 is -1.62. The van der Waals surface area contributed by atoms with Gasteiger partial charge in [-0.3, -0.25) is 4.79 Å². The van der Waals surface area contributed by atoms with Crippen LogP contribution < -0.4 is 39.0 Å². The van der Waals surface area contributed by atoms with Crippen LogP contribution in [0.3, 0.4) is 0 Å². The zero-order chi connectivity index (χ0) is 38.8. The summed E-state index contributed by atoms with van der Waals surface area (Å²) in [7, 11) is 3.42. The van der Waals surface area contributed by atoms with E-state index in [1.54, 1.807) is 56.5 Å². The standard InChI is InChI=1S/C13H20N2O.C12H16N2O2.C8H10N2O2S.C5H10N4/c1-3-14-8-10-15(11-9-14)12-6-4-5-7-13(12)16-2;1-16-12-5-3-2-4-11(12)14-8-6-13(10-15)7-9-14;1-2-9-10-13(11)12-8-6-4-3-5-7-8;1-2-8-9-5-6-3-4-7-5/h4-7H,3,8-11H2,1-2H3;2-5,10H,6-9H2,1H3;2-7,10H,1H3;2H,3-4H2,1H3,(H2,6,7,9)/b;;9-2-;. The van der Waals surface area contributed by atoms with Crippen molar-refractivity contribution >= 4 is 47.4 Å². The molecule has 15 nitrogen and oxygen atoms in total. The van der Waals surface area contributed by atoms with E-state index >= 15 is 0 Å². The predicted molar refractivity (Wildman–Crippen MR) is 220 cm³/mol. The van der Waals surface area contributed by atoms with E-state index in [1.807, 2.05) is 43.3 Å². The van der Waals surface area contributed by atoms with Crippen LogP contribution in [0.25, 0.3) is 0 Å². The van der Waals surface area contributed by atoms with Crippen LogP contribution >= 0.6 is 0 Å². The van der Waals surface area contributed by atoms with Crippen LogP contribution in [-0.2, 0) is 16.1 Å². The molecule has 3 aromatic carbocycles. The third-order valence-corrected chi connectivity index (χ3v) is 8.88. The fourth-order valence-corrected chi connectivity index (χ4v) is 5.95. The first-order valence-corrected chi connectivity index (χ1v) is 19.1. The highest BCUT2D eigenvalue weighted by molar-refractivity contribution is 7.78. The van der Waals surface area contributed by atoms with Crippen LogP contribution in [0.2, 0.25) is 0 Å². The molecule has 0 saturated carbocycles. The molecule has 3 aromatic rings. The van der Waals surface area contributed by atoms with Gasteiger partial charge in [-0.15, -0.1) is 0 Å². The van der Waals surface area contributed by atoms with Gasteiger partial charge in [-0.25, -0.2) is 10.4 Å². The normalized spacial score (nSPS) is 15.9. The van der Waals surface area contributed by atoms with Gasteiger partial charge in [-0.1, -0.05) is 49.4 Å². The van der Waals surface area contributed by atoms with Crippen molar-refractivity contribution in [1.29, 1.82) is 0 Å². The Morgan fingerprint density at radius 2 is 1.31 bits per heavy atom. The van der Waals surface area contributed by atoms with Crippen molar-refractivity contribution in [3.05, 3.63) is 78.9 Å². The van der Waals surface area contributed by atoms with Crippen LogP contribution in [0, 0.1) is 0 Å². The average molecular weight is 765 g/mol. The molecular weight excluding hydrogens is 709 g/mol. The molecule has 3 aliphatic rings. The maximum Gasteiger partial charge on any atom is 0.332 e. The van der Waals surface area contributed by atoms with Gasteiger partial charge in [0.2, 0.25) is 12.4 Å². The summed E-state index contributed by atoms with van der Waals surface area (Å²) in [6, 6.07) is 25.1. The highest BCUT2D eigenvalue weighted by Crippen LogP contribution is 2.29. The molecule has 3 aliphatic heterocycles. The number of benzene rings is 3. The topological polar surface area (TPSA) is 148 Å². The molecule has 3 N–H and O–H groups in total. The monoisotopic (exact) mass is 764 g/mol. The van der Waals surface area contributed by atoms with Crippen molar-refractivity contribution in [2.75, 3.05) is 96.0 Å². The summed E-state index contributed by atoms with van der Waals surface area (Å²) in [5.41, 5.74) is 5.07. The number of rotatable bonds is 11. The van der Waals surface area contributed by atoms with E-state index in [1.165, 1.54) is 11.9 Å². The van der Waals surface area contributed by atoms with Crippen molar-refractivity contribution in [3.8, 4) is 17.2 Å². The van der Waals surface area contributed by atoms with Crippen molar-refractivity contribution in [2.24, 2.45) is 15.2 Å². The summed E-state index contributed by atoms with van der Waals surface area (Å²) in [5, 5.41) is 10.4. The average Bonchev–Trinajstić information content (AvgIpc) is 3.77. The van der Waals surface area contributed by atoms with Gasteiger partial charge in [0.15, 0.2) is 0 Å². The van der Waals surface area contributed by atoms with Crippen LogP contribution in [0.4, 0.5) is 11.4 Å². The zero-order valence-corrected chi connectivity index (χ0v) is 32.9. The molecule has 6 rings (SSSR count). The number of likely N-dealkylation sites (N-methyl/N-ethyl adjacent to an activating group) is 1. The summed E-state index contributed by atoms with van der Waals surface area (Å²) in [5.74, 6) is 3.18. The predicted octanol–water partition coefficient (Wildman–Crippen LogP) is 3.59. The molecule has 16 heteroatoms. The molecule has 0 spiro atoms. The second-order valence-corrected chi connectivity index (χ2v) is 12.5. The number of hydrazone groups is 2. The Kier molecular flexibility index (Phi) is 20.4. The lowest BCUT2D eigenvalue weighted by atomic mass is 10.2. The number of aliphatic imine (C=N–C) groups is 1. The van der Waals surface area contributed by atoms with E-state index in [9.17, 15) is 9.00 Å². The van der Waals surface area contributed by atoms with Gasteiger partial charge in [0, 0.05) is 71.3 Å². The van der Waals surface area contributed by atoms with Gasteiger partial charge in [-0.05, 0) is 56.8 Å². The van der Waals surface area contributed by atoms with Crippen molar-refractivity contribution in [1.82, 2.24) is 25.4 Å². The molecule has 3 heterocycles. The Hall–Kier alpha value is -5.35. The first kappa shape index (κ1) is 43.1. The lowest BCUT2D eigenvalue weighted by Gasteiger charge is -2.36. The van der Waals surface area contributed by atoms with E-state index in [0.29, 0.717) is 5.75 Å². The van der Waals surface area contributed by atoms with Gasteiger partial charge in [-0.2, -0.15) is 19.2 Å². The molecular formula is C38H56N10O5S. The summed E-state index contributed by atoms with van der Waals surface area (Å²) in [4.78, 5) is 25.9. The van der Waals surface area contributed by atoms with Crippen LogP contribution in [0.15, 0.2) is 94.1 Å². The van der Waals surface area contributed by atoms with Crippen LogP contribution in [0.1, 0.15) is 20.8 Å². The van der Waals surface area contributed by atoms with Gasteiger partial charge >= 0.3 is 11.3 Å². The minimum Gasteiger partial charge on any atom is -0.495 e. The van der Waals surface area contributed by atoms with Gasteiger partial charge in [0.25, 0.3) is 0 Å².